The summed E-state index contributed by atoms with van der Waals surface area (Å²) in [6.07, 6.45) is -9.20. The molecule has 2 aromatic carbocycles. The minimum Gasteiger partial charge on any atom is -0.233 e. The smallest absolute Gasteiger partial charge is 0.233 e. The molecule has 0 radical (unpaired) electrons. The number of hydrogen-bond acceptors (Lipinski definition) is 1. The molecule has 0 aliphatic carbocycles. The molecule has 0 atom stereocenters. The summed E-state index contributed by atoms with van der Waals surface area (Å²) in [6.45, 7) is 1.83. The van der Waals surface area contributed by atoms with Crippen LogP contribution in [0.3, 0.4) is 0 Å². The van der Waals surface area contributed by atoms with Gasteiger partial charge in [-0.2, -0.15) is 31.4 Å². The number of alkyl halides is 6. The minimum atomic E-state index is -4.67. The summed E-state index contributed by atoms with van der Waals surface area (Å²) in [5.41, 5.74) is -0.376. The average Bonchev–Trinajstić information content (AvgIpc) is 3.00. The predicted molar refractivity (Wildman–Crippen MR) is 83.7 cm³/mol. The van der Waals surface area contributed by atoms with Gasteiger partial charge in [0.15, 0.2) is 5.69 Å². The molecule has 0 fully saturated rings. The van der Waals surface area contributed by atoms with E-state index in [9.17, 15) is 26.3 Å². The SMILES string of the molecule is Cc1ccc(-c2cc(C(F)(F)F)nn2-c2ccc(C(F)(F)F)cc2)cc1. The molecule has 0 aliphatic heterocycles. The molecular weight excluding hydrogens is 358 g/mol. The summed E-state index contributed by atoms with van der Waals surface area (Å²) >= 11 is 0. The summed E-state index contributed by atoms with van der Waals surface area (Å²) in [4.78, 5) is 0. The van der Waals surface area contributed by atoms with Gasteiger partial charge in [-0.25, -0.2) is 4.68 Å². The molecule has 0 saturated carbocycles. The maximum Gasteiger partial charge on any atom is 0.435 e. The monoisotopic (exact) mass is 370 g/mol. The molecule has 0 aliphatic rings. The van der Waals surface area contributed by atoms with E-state index in [4.69, 9.17) is 0 Å². The second-order valence-corrected chi connectivity index (χ2v) is 5.74. The third kappa shape index (κ3) is 3.58. The van der Waals surface area contributed by atoms with E-state index in [0.29, 0.717) is 5.56 Å². The number of benzene rings is 2. The van der Waals surface area contributed by atoms with Gasteiger partial charge in [-0.1, -0.05) is 29.8 Å². The van der Waals surface area contributed by atoms with E-state index in [-0.39, 0.29) is 11.4 Å². The van der Waals surface area contributed by atoms with Crippen LogP contribution in [0.1, 0.15) is 16.8 Å². The first-order valence-corrected chi connectivity index (χ1v) is 7.47. The zero-order chi connectivity index (χ0) is 19.1. The zero-order valence-corrected chi connectivity index (χ0v) is 13.4. The number of aryl methyl sites for hydroxylation is 1. The van der Waals surface area contributed by atoms with Gasteiger partial charge in [0.05, 0.1) is 16.9 Å². The molecule has 1 aromatic heterocycles. The minimum absolute atomic E-state index is 0.101. The second kappa shape index (κ2) is 6.19. The van der Waals surface area contributed by atoms with Gasteiger partial charge in [0.2, 0.25) is 0 Å². The largest absolute Gasteiger partial charge is 0.435 e. The Morgan fingerprint density at radius 2 is 1.35 bits per heavy atom. The van der Waals surface area contributed by atoms with Crippen LogP contribution < -0.4 is 0 Å². The van der Waals surface area contributed by atoms with Crippen LogP contribution in [0.25, 0.3) is 16.9 Å². The molecule has 3 aromatic rings. The van der Waals surface area contributed by atoms with Crippen LogP contribution in [0, 0.1) is 6.92 Å². The van der Waals surface area contributed by atoms with Crippen molar-refractivity contribution >= 4 is 0 Å². The number of rotatable bonds is 2. The van der Waals surface area contributed by atoms with Crippen LogP contribution in [0.15, 0.2) is 54.6 Å². The summed E-state index contributed by atoms with van der Waals surface area (Å²) in [6, 6.07) is 11.4. The van der Waals surface area contributed by atoms with Crippen LogP contribution in [-0.2, 0) is 12.4 Å². The molecule has 0 amide bonds. The normalized spacial score (nSPS) is 12.4. The van der Waals surface area contributed by atoms with E-state index >= 15 is 0 Å². The Hall–Kier alpha value is -2.77. The molecular formula is C18H12F6N2. The van der Waals surface area contributed by atoms with Crippen molar-refractivity contribution in [3.8, 4) is 16.9 Å². The molecule has 136 valence electrons. The average molecular weight is 370 g/mol. The van der Waals surface area contributed by atoms with Crippen LogP contribution in [-0.4, -0.2) is 9.78 Å². The highest BCUT2D eigenvalue weighted by molar-refractivity contribution is 5.63. The number of hydrogen-bond donors (Lipinski definition) is 0. The van der Waals surface area contributed by atoms with Gasteiger partial charge in [0, 0.05) is 5.56 Å². The Morgan fingerprint density at radius 3 is 1.85 bits per heavy atom. The van der Waals surface area contributed by atoms with Crippen molar-refractivity contribution in [2.45, 2.75) is 19.3 Å². The van der Waals surface area contributed by atoms with E-state index < -0.39 is 23.6 Å². The number of halogens is 6. The van der Waals surface area contributed by atoms with Gasteiger partial charge in [0.25, 0.3) is 0 Å². The van der Waals surface area contributed by atoms with Crippen molar-refractivity contribution in [2.75, 3.05) is 0 Å². The third-order valence-electron chi connectivity index (χ3n) is 3.79. The second-order valence-electron chi connectivity index (χ2n) is 5.74. The summed E-state index contributed by atoms with van der Waals surface area (Å²) in [5, 5.41) is 3.55. The topological polar surface area (TPSA) is 17.8 Å². The van der Waals surface area contributed by atoms with E-state index in [2.05, 4.69) is 5.10 Å². The van der Waals surface area contributed by atoms with E-state index in [1.165, 1.54) is 0 Å². The third-order valence-corrected chi connectivity index (χ3v) is 3.79. The Labute approximate surface area is 144 Å². The molecule has 0 bridgehead atoms. The summed E-state index contributed by atoms with van der Waals surface area (Å²) < 4.78 is 78.3. The first-order chi connectivity index (χ1) is 12.1. The molecule has 2 nitrogen and oxygen atoms in total. The Bertz CT molecular complexity index is 903. The molecule has 0 spiro atoms. The molecule has 3 rings (SSSR count). The summed E-state index contributed by atoms with van der Waals surface area (Å²) in [7, 11) is 0. The highest BCUT2D eigenvalue weighted by atomic mass is 19.4. The fourth-order valence-electron chi connectivity index (χ4n) is 2.44. The molecule has 26 heavy (non-hydrogen) atoms. The van der Waals surface area contributed by atoms with Gasteiger partial charge in [-0.3, -0.25) is 0 Å². The van der Waals surface area contributed by atoms with E-state index in [1.54, 1.807) is 24.3 Å². The van der Waals surface area contributed by atoms with Gasteiger partial charge in [0.1, 0.15) is 0 Å². The van der Waals surface area contributed by atoms with Crippen molar-refractivity contribution in [1.82, 2.24) is 9.78 Å². The first kappa shape index (κ1) is 18.0. The lowest BCUT2D eigenvalue weighted by molar-refractivity contribution is -0.141. The number of nitrogens with zero attached hydrogens (tertiary/aromatic N) is 2. The van der Waals surface area contributed by atoms with Crippen molar-refractivity contribution in [3.63, 3.8) is 0 Å². The molecule has 8 heteroatoms. The Kier molecular flexibility index (Phi) is 4.29. The standard InChI is InChI=1S/C18H12F6N2/c1-11-2-4-12(5-3-11)15-10-16(18(22,23)24)25-26(15)14-8-6-13(7-9-14)17(19,20)21/h2-10H,1H3. The van der Waals surface area contributed by atoms with Gasteiger partial charge >= 0.3 is 12.4 Å². The lowest BCUT2D eigenvalue weighted by Gasteiger charge is -2.10. The predicted octanol–water partition coefficient (Wildman–Crippen LogP) is 5.89. The summed E-state index contributed by atoms with van der Waals surface area (Å²) in [5.74, 6) is 0. The van der Waals surface area contributed by atoms with Gasteiger partial charge < -0.3 is 0 Å². The Morgan fingerprint density at radius 1 is 0.769 bits per heavy atom. The van der Waals surface area contributed by atoms with Crippen molar-refractivity contribution in [1.29, 1.82) is 0 Å². The Balaban J connectivity index is 2.13. The van der Waals surface area contributed by atoms with Crippen LogP contribution in [0.4, 0.5) is 26.3 Å². The molecule has 0 unspecified atom stereocenters. The quantitative estimate of drug-likeness (QED) is 0.515. The highest BCUT2D eigenvalue weighted by Gasteiger charge is 2.35. The van der Waals surface area contributed by atoms with Gasteiger partial charge in [-0.05, 0) is 37.3 Å². The van der Waals surface area contributed by atoms with Crippen LogP contribution in [0.5, 0.6) is 0 Å². The lowest BCUT2D eigenvalue weighted by atomic mass is 10.1. The molecule has 0 N–H and O–H groups in total. The maximum atomic E-state index is 13.1. The maximum absolute atomic E-state index is 13.1. The van der Waals surface area contributed by atoms with Crippen molar-refractivity contribution in [2.24, 2.45) is 0 Å². The number of aromatic nitrogens is 2. The fourth-order valence-corrected chi connectivity index (χ4v) is 2.44. The molecule has 0 saturated heterocycles. The highest BCUT2D eigenvalue weighted by Crippen LogP contribution is 2.34. The van der Waals surface area contributed by atoms with Crippen molar-refractivity contribution < 1.29 is 26.3 Å². The van der Waals surface area contributed by atoms with Crippen LogP contribution >= 0.6 is 0 Å². The van der Waals surface area contributed by atoms with Crippen molar-refractivity contribution in [3.05, 3.63) is 71.4 Å². The lowest BCUT2D eigenvalue weighted by Crippen LogP contribution is -2.08. The zero-order valence-electron chi connectivity index (χ0n) is 13.4. The molecule has 1 heterocycles. The van der Waals surface area contributed by atoms with E-state index in [1.807, 2.05) is 6.92 Å². The van der Waals surface area contributed by atoms with Crippen LogP contribution in [0.2, 0.25) is 0 Å². The first-order valence-electron chi connectivity index (χ1n) is 7.47. The fraction of sp³-hybridized carbons (Fsp3) is 0.167. The van der Waals surface area contributed by atoms with Gasteiger partial charge in [-0.15, -0.1) is 0 Å². The van der Waals surface area contributed by atoms with E-state index in [0.717, 1.165) is 40.6 Å².